The van der Waals surface area contributed by atoms with Gasteiger partial charge in [0.05, 0.1) is 0 Å². The third-order valence-electron chi connectivity index (χ3n) is 8.74. The summed E-state index contributed by atoms with van der Waals surface area (Å²) in [6, 6.07) is 56.3. The number of para-hydroxylation sites is 1. The molecule has 0 bridgehead atoms. The van der Waals surface area contributed by atoms with Crippen LogP contribution in [0.1, 0.15) is 0 Å². The molecule has 0 saturated heterocycles. The summed E-state index contributed by atoms with van der Waals surface area (Å²) >= 11 is 0. The molecular formula is C43H27N3O. The van der Waals surface area contributed by atoms with Gasteiger partial charge in [-0.05, 0) is 57.3 Å². The van der Waals surface area contributed by atoms with Crippen LogP contribution in [0.4, 0.5) is 0 Å². The van der Waals surface area contributed by atoms with Crippen molar-refractivity contribution in [2.45, 2.75) is 0 Å². The fourth-order valence-electron chi connectivity index (χ4n) is 6.52. The van der Waals surface area contributed by atoms with Gasteiger partial charge in [0.25, 0.3) is 0 Å². The van der Waals surface area contributed by atoms with E-state index < -0.39 is 0 Å². The van der Waals surface area contributed by atoms with E-state index in [0.29, 0.717) is 17.5 Å². The molecule has 0 N–H and O–H groups in total. The van der Waals surface area contributed by atoms with Gasteiger partial charge in [0.15, 0.2) is 17.5 Å². The van der Waals surface area contributed by atoms with Gasteiger partial charge >= 0.3 is 0 Å². The second-order valence-electron chi connectivity index (χ2n) is 11.6. The van der Waals surface area contributed by atoms with Crippen LogP contribution in [0.25, 0.3) is 89.1 Å². The molecule has 0 radical (unpaired) electrons. The number of aromatic nitrogens is 3. The van der Waals surface area contributed by atoms with E-state index in [4.69, 9.17) is 19.4 Å². The van der Waals surface area contributed by atoms with E-state index in [9.17, 15) is 0 Å². The maximum atomic E-state index is 6.47. The minimum atomic E-state index is 0.636. The van der Waals surface area contributed by atoms with Gasteiger partial charge < -0.3 is 4.42 Å². The molecule has 0 spiro atoms. The van der Waals surface area contributed by atoms with Crippen LogP contribution in [0, 0.1) is 0 Å². The zero-order valence-electron chi connectivity index (χ0n) is 25.3. The van der Waals surface area contributed by atoms with Crippen LogP contribution in [0.2, 0.25) is 0 Å². The Kier molecular flexibility index (Phi) is 6.43. The average Bonchev–Trinajstić information content (AvgIpc) is 3.54. The standard InChI is InChI=1S/C43H27N3O/c1-4-14-28(15-5-1)31-26-37(40-36-22-12-13-23-38(36)47-39(40)27-31)34-24-25-35(33-21-11-10-20-32(33)34)43-45-41(29-16-6-2-7-17-29)44-42(46-43)30-18-8-3-9-19-30/h1-27H. The minimum Gasteiger partial charge on any atom is -0.456 e. The second-order valence-corrected chi connectivity index (χ2v) is 11.6. The average molecular weight is 602 g/mol. The highest BCUT2D eigenvalue weighted by atomic mass is 16.3. The van der Waals surface area contributed by atoms with Crippen LogP contribution in [-0.4, -0.2) is 15.0 Å². The summed E-state index contributed by atoms with van der Waals surface area (Å²) in [4.78, 5) is 15.0. The quantitative estimate of drug-likeness (QED) is 0.197. The Morgan fingerprint density at radius 2 is 0.809 bits per heavy atom. The van der Waals surface area contributed by atoms with Crippen molar-refractivity contribution in [3.05, 3.63) is 164 Å². The Balaban J connectivity index is 1.30. The van der Waals surface area contributed by atoms with Crippen LogP contribution in [0.5, 0.6) is 0 Å². The first-order valence-corrected chi connectivity index (χ1v) is 15.7. The zero-order chi connectivity index (χ0) is 31.2. The number of hydrogen-bond donors (Lipinski definition) is 0. The number of nitrogens with zero attached hydrogens (tertiary/aromatic N) is 3. The van der Waals surface area contributed by atoms with Crippen molar-refractivity contribution in [3.8, 4) is 56.4 Å². The molecular weight excluding hydrogens is 574 g/mol. The van der Waals surface area contributed by atoms with E-state index in [1.807, 2.05) is 78.9 Å². The lowest BCUT2D eigenvalue weighted by molar-refractivity contribution is 0.669. The first-order chi connectivity index (χ1) is 23.3. The number of rotatable bonds is 5. The molecule has 9 aromatic rings. The summed E-state index contributed by atoms with van der Waals surface area (Å²) in [6.07, 6.45) is 0. The maximum absolute atomic E-state index is 6.47. The lowest BCUT2D eigenvalue weighted by Gasteiger charge is -2.15. The molecule has 220 valence electrons. The molecule has 0 aliphatic carbocycles. The van der Waals surface area contributed by atoms with Gasteiger partial charge in [-0.15, -0.1) is 0 Å². The lowest BCUT2D eigenvalue weighted by atomic mass is 9.90. The molecule has 0 amide bonds. The first kappa shape index (κ1) is 27.0. The van der Waals surface area contributed by atoms with E-state index in [-0.39, 0.29) is 0 Å². The van der Waals surface area contributed by atoms with Crippen LogP contribution in [0.15, 0.2) is 168 Å². The van der Waals surface area contributed by atoms with Crippen LogP contribution >= 0.6 is 0 Å². The molecule has 0 unspecified atom stereocenters. The van der Waals surface area contributed by atoms with E-state index in [2.05, 4.69) is 84.9 Å². The number of hydrogen-bond acceptors (Lipinski definition) is 4. The number of furan rings is 1. The van der Waals surface area contributed by atoms with Crippen molar-refractivity contribution in [3.63, 3.8) is 0 Å². The SMILES string of the molecule is c1ccc(-c2cc(-c3ccc(-c4nc(-c5ccccc5)nc(-c5ccccc5)n4)c4ccccc34)c3c(c2)oc2ccccc23)cc1. The molecule has 0 saturated carbocycles. The molecule has 9 rings (SSSR count). The van der Waals surface area contributed by atoms with Crippen LogP contribution in [0.3, 0.4) is 0 Å². The molecule has 4 nitrogen and oxygen atoms in total. The predicted octanol–water partition coefficient (Wildman–Crippen LogP) is 11.3. The molecule has 2 heterocycles. The molecule has 0 aliphatic rings. The first-order valence-electron chi connectivity index (χ1n) is 15.7. The highest BCUT2D eigenvalue weighted by Gasteiger charge is 2.19. The van der Waals surface area contributed by atoms with Gasteiger partial charge in [0.2, 0.25) is 0 Å². The van der Waals surface area contributed by atoms with E-state index in [1.54, 1.807) is 0 Å². The third-order valence-corrected chi connectivity index (χ3v) is 8.74. The predicted molar refractivity (Wildman–Crippen MR) is 192 cm³/mol. The monoisotopic (exact) mass is 601 g/mol. The molecule has 0 fully saturated rings. The van der Waals surface area contributed by atoms with E-state index in [1.165, 1.54) is 0 Å². The molecule has 2 aromatic heterocycles. The Morgan fingerprint density at radius 1 is 0.319 bits per heavy atom. The second kappa shape index (κ2) is 11.2. The summed E-state index contributed by atoms with van der Waals surface area (Å²) < 4.78 is 6.47. The van der Waals surface area contributed by atoms with Crippen molar-refractivity contribution in [1.82, 2.24) is 15.0 Å². The van der Waals surface area contributed by atoms with E-state index in [0.717, 1.165) is 71.7 Å². The van der Waals surface area contributed by atoms with Crippen LogP contribution in [-0.2, 0) is 0 Å². The van der Waals surface area contributed by atoms with Crippen LogP contribution < -0.4 is 0 Å². The molecule has 4 heteroatoms. The Bertz CT molecular complexity index is 2500. The minimum absolute atomic E-state index is 0.636. The smallest absolute Gasteiger partial charge is 0.164 e. The van der Waals surface area contributed by atoms with E-state index >= 15 is 0 Å². The number of fused-ring (bicyclic) bond motifs is 4. The summed E-state index contributed by atoms with van der Waals surface area (Å²) in [7, 11) is 0. The molecule has 47 heavy (non-hydrogen) atoms. The molecule has 0 atom stereocenters. The van der Waals surface area contributed by atoms with Crippen molar-refractivity contribution in [2.75, 3.05) is 0 Å². The Hall–Kier alpha value is -6.39. The zero-order valence-corrected chi connectivity index (χ0v) is 25.3. The highest BCUT2D eigenvalue weighted by Crippen LogP contribution is 2.43. The van der Waals surface area contributed by atoms with Crippen molar-refractivity contribution < 1.29 is 4.42 Å². The highest BCUT2D eigenvalue weighted by molar-refractivity contribution is 6.17. The Labute approximate surface area is 271 Å². The van der Waals surface area contributed by atoms with Crippen molar-refractivity contribution in [1.29, 1.82) is 0 Å². The van der Waals surface area contributed by atoms with Gasteiger partial charge in [-0.25, -0.2) is 15.0 Å². The normalized spacial score (nSPS) is 11.4. The van der Waals surface area contributed by atoms with Gasteiger partial charge in [-0.2, -0.15) is 0 Å². The van der Waals surface area contributed by atoms with Gasteiger partial charge in [-0.1, -0.05) is 140 Å². The summed E-state index contributed by atoms with van der Waals surface area (Å²) in [6.45, 7) is 0. The fraction of sp³-hybridized carbons (Fsp3) is 0. The Morgan fingerprint density at radius 3 is 1.45 bits per heavy atom. The van der Waals surface area contributed by atoms with Crippen molar-refractivity contribution >= 4 is 32.7 Å². The van der Waals surface area contributed by atoms with Gasteiger partial charge in [0.1, 0.15) is 11.2 Å². The summed E-state index contributed by atoms with van der Waals surface area (Å²) in [5.41, 5.74) is 9.09. The fourth-order valence-corrected chi connectivity index (χ4v) is 6.52. The third kappa shape index (κ3) is 4.75. The molecule has 7 aromatic carbocycles. The largest absolute Gasteiger partial charge is 0.456 e. The topological polar surface area (TPSA) is 51.8 Å². The number of benzene rings is 7. The molecule has 0 aliphatic heterocycles. The summed E-state index contributed by atoms with van der Waals surface area (Å²) in [5, 5.41) is 4.39. The lowest BCUT2D eigenvalue weighted by Crippen LogP contribution is -2.00. The van der Waals surface area contributed by atoms with Gasteiger partial charge in [0, 0.05) is 27.5 Å². The van der Waals surface area contributed by atoms with Gasteiger partial charge in [-0.3, -0.25) is 0 Å². The summed E-state index contributed by atoms with van der Waals surface area (Å²) in [5.74, 6) is 1.92. The maximum Gasteiger partial charge on any atom is 0.164 e. The van der Waals surface area contributed by atoms with Crippen molar-refractivity contribution in [2.24, 2.45) is 0 Å².